The van der Waals surface area contributed by atoms with Gasteiger partial charge < -0.3 is 19.8 Å². The zero-order valence-electron chi connectivity index (χ0n) is 24.3. The second-order valence-corrected chi connectivity index (χ2v) is 12.7. The van der Waals surface area contributed by atoms with Crippen molar-refractivity contribution < 1.29 is 37.0 Å². The smallest absolute Gasteiger partial charge is 0.418 e. The minimum absolute atomic E-state index is 0.226. The van der Waals surface area contributed by atoms with E-state index in [9.17, 15) is 32.3 Å². The van der Waals surface area contributed by atoms with Crippen molar-refractivity contribution in [2.45, 2.75) is 36.2 Å². The summed E-state index contributed by atoms with van der Waals surface area (Å²) in [5.41, 5.74) is 0.361. The number of halogens is 3. The standard InChI is InChI=1S/C32H26F3N3O6S2/c1-3-43-22-14-17(12-13-21(22)44-15-23(39)36-19-10-6-4-8-16(19)2)24-25-27(45-28-26(24)46-31(42)37-28)30(41)38(29(25)40)20-11-7-5-9-18(20)32(33,34)35/h4-14,24-25,27H,3,15H2,1-2H3,(H,36,39)(H,37,42)/t24-,25?,27?/m1/s1. The molecule has 2 aliphatic rings. The highest BCUT2D eigenvalue weighted by Gasteiger charge is 2.57. The number of aryl methyl sites for hydroxylation is 1. The van der Waals surface area contributed by atoms with Gasteiger partial charge in [0.1, 0.15) is 5.25 Å². The average Bonchev–Trinajstić information content (AvgIpc) is 3.51. The molecule has 0 spiro atoms. The molecule has 2 aliphatic heterocycles. The van der Waals surface area contributed by atoms with Crippen LogP contribution in [0.5, 0.6) is 11.5 Å². The molecule has 2 N–H and O–H groups in total. The number of benzene rings is 3. The van der Waals surface area contributed by atoms with Crippen molar-refractivity contribution in [2.24, 2.45) is 5.92 Å². The molecule has 3 heterocycles. The van der Waals surface area contributed by atoms with E-state index in [2.05, 4.69) is 10.3 Å². The highest BCUT2D eigenvalue weighted by molar-refractivity contribution is 8.00. The first kappa shape index (κ1) is 31.4. The molecule has 4 aromatic rings. The number of imide groups is 1. The second kappa shape index (κ2) is 12.3. The summed E-state index contributed by atoms with van der Waals surface area (Å²) in [6.07, 6.45) is -4.81. The number of carbonyl (C=O) groups excluding carboxylic acids is 3. The van der Waals surface area contributed by atoms with Crippen molar-refractivity contribution in [1.82, 2.24) is 4.98 Å². The van der Waals surface area contributed by atoms with Crippen LogP contribution in [0.1, 0.15) is 34.4 Å². The zero-order chi connectivity index (χ0) is 32.7. The van der Waals surface area contributed by atoms with Crippen molar-refractivity contribution in [3.63, 3.8) is 0 Å². The van der Waals surface area contributed by atoms with E-state index in [1.807, 2.05) is 19.1 Å². The summed E-state index contributed by atoms with van der Waals surface area (Å²) in [5.74, 6) is -3.49. The Kier molecular flexibility index (Phi) is 8.42. The first-order chi connectivity index (χ1) is 22.0. The molecule has 1 fully saturated rings. The molecule has 238 valence electrons. The van der Waals surface area contributed by atoms with E-state index >= 15 is 0 Å². The van der Waals surface area contributed by atoms with Gasteiger partial charge in [0.25, 0.3) is 5.91 Å². The number of carbonyl (C=O) groups is 3. The van der Waals surface area contributed by atoms with E-state index in [0.717, 1.165) is 40.8 Å². The van der Waals surface area contributed by atoms with Crippen molar-refractivity contribution in [2.75, 3.05) is 23.4 Å². The van der Waals surface area contributed by atoms with Crippen LogP contribution in [-0.2, 0) is 20.6 Å². The number of thiazole rings is 1. The lowest BCUT2D eigenvalue weighted by Crippen LogP contribution is -2.33. The summed E-state index contributed by atoms with van der Waals surface area (Å²) in [6, 6.07) is 16.5. The minimum atomic E-state index is -4.81. The van der Waals surface area contributed by atoms with Crippen LogP contribution in [-0.4, -0.2) is 41.2 Å². The van der Waals surface area contributed by atoms with E-state index < -0.39 is 57.1 Å². The number of nitrogens with one attached hydrogen (secondary N) is 2. The summed E-state index contributed by atoms with van der Waals surface area (Å²) in [4.78, 5) is 56.2. The van der Waals surface area contributed by atoms with Crippen LogP contribution in [0, 0.1) is 12.8 Å². The Morgan fingerprint density at radius 1 is 0.978 bits per heavy atom. The number of H-pyrrole nitrogens is 1. The van der Waals surface area contributed by atoms with Gasteiger partial charge in [-0.2, -0.15) is 13.2 Å². The number of ether oxygens (including phenoxy) is 2. The molecule has 46 heavy (non-hydrogen) atoms. The second-order valence-electron chi connectivity index (χ2n) is 10.6. The highest BCUT2D eigenvalue weighted by Crippen LogP contribution is 2.54. The van der Waals surface area contributed by atoms with Gasteiger partial charge in [-0.15, -0.1) is 0 Å². The van der Waals surface area contributed by atoms with Gasteiger partial charge in [-0.05, 0) is 55.3 Å². The lowest BCUT2D eigenvalue weighted by molar-refractivity contribution is -0.137. The molecule has 14 heteroatoms. The van der Waals surface area contributed by atoms with Gasteiger partial charge in [0.05, 0.1) is 28.8 Å². The molecule has 0 saturated carbocycles. The van der Waals surface area contributed by atoms with Crippen molar-refractivity contribution in [3.05, 3.63) is 98.0 Å². The number of para-hydroxylation sites is 2. The number of aromatic amines is 1. The molecule has 9 nitrogen and oxygen atoms in total. The van der Waals surface area contributed by atoms with Gasteiger partial charge in [0, 0.05) is 16.5 Å². The third kappa shape index (κ3) is 5.78. The number of aromatic nitrogens is 1. The molecular formula is C32H26F3N3O6S2. The number of hydrogen-bond donors (Lipinski definition) is 2. The van der Waals surface area contributed by atoms with Gasteiger partial charge in [-0.3, -0.25) is 19.2 Å². The Hall–Kier alpha value is -4.56. The first-order valence-corrected chi connectivity index (χ1v) is 15.9. The maximum Gasteiger partial charge on any atom is 0.418 e. The molecule has 2 unspecified atom stereocenters. The fourth-order valence-electron chi connectivity index (χ4n) is 5.67. The van der Waals surface area contributed by atoms with Gasteiger partial charge in [-0.25, -0.2) is 4.90 Å². The van der Waals surface area contributed by atoms with E-state index in [-0.39, 0.29) is 24.7 Å². The molecule has 6 rings (SSSR count). The van der Waals surface area contributed by atoms with E-state index in [0.29, 0.717) is 26.1 Å². The van der Waals surface area contributed by atoms with E-state index in [1.54, 1.807) is 37.3 Å². The predicted octanol–water partition coefficient (Wildman–Crippen LogP) is 5.98. The van der Waals surface area contributed by atoms with E-state index in [4.69, 9.17) is 9.47 Å². The number of nitrogens with zero attached hydrogens (tertiary/aromatic N) is 1. The molecule has 3 amide bonds. The van der Waals surface area contributed by atoms with Crippen LogP contribution in [0.2, 0.25) is 0 Å². The van der Waals surface area contributed by atoms with Crippen LogP contribution in [0.4, 0.5) is 24.5 Å². The van der Waals surface area contributed by atoms with Crippen LogP contribution >= 0.6 is 23.1 Å². The van der Waals surface area contributed by atoms with Crippen LogP contribution in [0.15, 0.2) is 76.6 Å². The van der Waals surface area contributed by atoms with Crippen LogP contribution in [0.3, 0.4) is 0 Å². The summed E-state index contributed by atoms with van der Waals surface area (Å²) in [7, 11) is 0. The van der Waals surface area contributed by atoms with Crippen molar-refractivity contribution in [3.8, 4) is 11.5 Å². The first-order valence-electron chi connectivity index (χ1n) is 14.2. The topological polar surface area (TPSA) is 118 Å². The van der Waals surface area contributed by atoms with Crippen LogP contribution in [0.25, 0.3) is 0 Å². The van der Waals surface area contributed by atoms with Gasteiger partial charge in [0.2, 0.25) is 11.8 Å². The Morgan fingerprint density at radius 2 is 1.72 bits per heavy atom. The zero-order valence-corrected chi connectivity index (χ0v) is 26.0. The van der Waals surface area contributed by atoms with Crippen LogP contribution < -0.4 is 24.6 Å². The third-order valence-electron chi connectivity index (χ3n) is 7.68. The monoisotopic (exact) mass is 669 g/mol. The Morgan fingerprint density at radius 3 is 2.46 bits per heavy atom. The Labute approximate surface area is 268 Å². The highest BCUT2D eigenvalue weighted by atomic mass is 32.2. The molecule has 0 bridgehead atoms. The Balaban J connectivity index is 1.34. The molecule has 1 aromatic heterocycles. The lowest BCUT2D eigenvalue weighted by Gasteiger charge is -2.30. The minimum Gasteiger partial charge on any atom is -0.490 e. The van der Waals surface area contributed by atoms with E-state index in [1.165, 1.54) is 12.1 Å². The van der Waals surface area contributed by atoms with Gasteiger partial charge in [0.15, 0.2) is 18.1 Å². The molecule has 1 saturated heterocycles. The summed E-state index contributed by atoms with van der Waals surface area (Å²) in [5, 5.41) is 2.07. The molecular weight excluding hydrogens is 643 g/mol. The number of alkyl halides is 3. The maximum absolute atomic E-state index is 14.0. The molecule has 0 aliphatic carbocycles. The Bertz CT molecular complexity index is 1910. The fourth-order valence-corrected chi connectivity index (χ4v) is 8.19. The van der Waals surface area contributed by atoms with Crippen molar-refractivity contribution in [1.29, 1.82) is 0 Å². The lowest BCUT2D eigenvalue weighted by atomic mass is 9.83. The number of thioether (sulfide) groups is 1. The van der Waals surface area contributed by atoms with Gasteiger partial charge in [-0.1, -0.05) is 59.5 Å². The number of anilines is 2. The number of rotatable bonds is 8. The number of amides is 3. The fraction of sp³-hybridized carbons (Fsp3) is 0.250. The predicted molar refractivity (Wildman–Crippen MR) is 167 cm³/mol. The quantitative estimate of drug-likeness (QED) is 0.222. The normalized spacial score (nSPS) is 19.1. The third-order valence-corrected chi connectivity index (χ3v) is 10.1. The van der Waals surface area contributed by atoms with Gasteiger partial charge >= 0.3 is 11.0 Å². The average molecular weight is 670 g/mol. The maximum atomic E-state index is 14.0. The molecule has 3 atom stereocenters. The number of hydrogen-bond acceptors (Lipinski definition) is 8. The SMILES string of the molecule is CCOc1cc([C@H]2c3sc(=O)[nH]c3SC3C(=O)N(c4ccccc4C(F)(F)F)C(=O)C32)ccc1OCC(=O)Nc1ccccc1C. The van der Waals surface area contributed by atoms with Crippen molar-refractivity contribution >= 4 is 52.2 Å². The molecule has 3 aromatic carbocycles. The summed E-state index contributed by atoms with van der Waals surface area (Å²) >= 11 is 1.83. The number of fused-ring (bicyclic) bond motifs is 2. The summed E-state index contributed by atoms with van der Waals surface area (Å²) in [6.45, 7) is 3.51. The molecule has 0 radical (unpaired) electrons. The summed E-state index contributed by atoms with van der Waals surface area (Å²) < 4.78 is 53.4. The largest absolute Gasteiger partial charge is 0.490 e.